The van der Waals surface area contributed by atoms with Crippen molar-refractivity contribution >= 4 is 15.7 Å². The molecule has 30 heavy (non-hydrogen) atoms. The van der Waals surface area contributed by atoms with Crippen molar-refractivity contribution in [2.75, 3.05) is 18.8 Å². The summed E-state index contributed by atoms with van der Waals surface area (Å²) in [6.07, 6.45) is 7.93. The maximum Gasteiger partial charge on any atom is 0.226 e. The quantitative estimate of drug-likeness (QED) is 0.615. The molecule has 1 saturated heterocycles. The number of hydrogen-bond acceptors (Lipinski definition) is 4. The second-order valence-electron chi connectivity index (χ2n) is 9.20. The van der Waals surface area contributed by atoms with E-state index in [9.17, 15) is 13.2 Å². The van der Waals surface area contributed by atoms with E-state index in [1.54, 1.807) is 13.8 Å². The molecule has 1 amide bonds. The monoisotopic (exact) mass is 435 g/mol. The summed E-state index contributed by atoms with van der Waals surface area (Å²) >= 11 is 0. The SMILES string of the molecule is CCc1cc(CC(=O)N2CCC(CS(=O)(=O)C(C)C)CC2)ccc1OC1CCCC1. The number of benzene rings is 1. The van der Waals surface area contributed by atoms with Crippen molar-refractivity contribution in [1.82, 2.24) is 4.90 Å². The molecular formula is C24H37NO4S. The van der Waals surface area contributed by atoms with Crippen LogP contribution in [-0.4, -0.2) is 49.4 Å². The van der Waals surface area contributed by atoms with Crippen LogP contribution >= 0.6 is 0 Å². The molecule has 1 heterocycles. The fourth-order valence-corrected chi connectivity index (χ4v) is 5.85. The Labute approximate surface area is 182 Å². The van der Waals surface area contributed by atoms with Gasteiger partial charge < -0.3 is 9.64 Å². The minimum absolute atomic E-state index is 0.131. The molecule has 1 aliphatic carbocycles. The lowest BCUT2D eigenvalue weighted by Crippen LogP contribution is -2.41. The molecule has 1 aliphatic heterocycles. The number of rotatable bonds is 8. The highest BCUT2D eigenvalue weighted by Crippen LogP contribution is 2.28. The maximum atomic E-state index is 12.8. The lowest BCUT2D eigenvalue weighted by molar-refractivity contribution is -0.131. The van der Waals surface area contributed by atoms with Crippen molar-refractivity contribution < 1.29 is 17.9 Å². The topological polar surface area (TPSA) is 63.7 Å². The van der Waals surface area contributed by atoms with Gasteiger partial charge in [-0.3, -0.25) is 4.79 Å². The Kier molecular flexibility index (Phi) is 7.83. The van der Waals surface area contributed by atoms with Crippen LogP contribution in [0.2, 0.25) is 0 Å². The van der Waals surface area contributed by atoms with Crippen molar-refractivity contribution in [3.05, 3.63) is 29.3 Å². The van der Waals surface area contributed by atoms with E-state index in [4.69, 9.17) is 4.74 Å². The summed E-state index contributed by atoms with van der Waals surface area (Å²) in [4.78, 5) is 14.7. The summed E-state index contributed by atoms with van der Waals surface area (Å²) in [6, 6.07) is 6.16. The van der Waals surface area contributed by atoms with Gasteiger partial charge in [0.2, 0.25) is 5.91 Å². The van der Waals surface area contributed by atoms with E-state index in [1.807, 2.05) is 17.0 Å². The zero-order valence-electron chi connectivity index (χ0n) is 18.7. The molecule has 6 heteroatoms. The molecule has 0 aromatic heterocycles. The highest BCUT2D eigenvalue weighted by atomic mass is 32.2. The van der Waals surface area contributed by atoms with Crippen LogP contribution in [0.4, 0.5) is 0 Å². The highest BCUT2D eigenvalue weighted by Gasteiger charge is 2.28. The third-order valence-electron chi connectivity index (χ3n) is 6.61. The van der Waals surface area contributed by atoms with Crippen molar-refractivity contribution in [1.29, 1.82) is 0 Å². The highest BCUT2D eigenvalue weighted by molar-refractivity contribution is 7.91. The third kappa shape index (κ3) is 5.99. The largest absolute Gasteiger partial charge is 0.490 e. The van der Waals surface area contributed by atoms with Crippen LogP contribution in [0.5, 0.6) is 5.75 Å². The molecule has 2 aliphatic rings. The lowest BCUT2D eigenvalue weighted by Gasteiger charge is -2.32. The van der Waals surface area contributed by atoms with Crippen LogP contribution < -0.4 is 4.74 Å². The molecular weight excluding hydrogens is 398 g/mol. The molecule has 5 nitrogen and oxygen atoms in total. The molecule has 0 unspecified atom stereocenters. The molecule has 0 N–H and O–H groups in total. The molecule has 3 rings (SSSR count). The predicted octanol–water partition coefficient (Wildman–Crippen LogP) is 4.17. The number of carbonyl (C=O) groups excluding carboxylic acids is 1. The van der Waals surface area contributed by atoms with Crippen LogP contribution in [0.25, 0.3) is 0 Å². The first kappa shape index (κ1) is 23.1. The predicted molar refractivity (Wildman–Crippen MR) is 121 cm³/mol. The standard InChI is InChI=1S/C24H37NO4S/c1-4-21-15-20(9-10-23(21)29-22-7-5-6-8-22)16-24(26)25-13-11-19(12-14-25)17-30(27,28)18(2)3/h9-10,15,18-19,22H,4-8,11-14,16-17H2,1-3H3. The zero-order chi connectivity index (χ0) is 21.7. The van der Waals surface area contributed by atoms with E-state index in [0.717, 1.165) is 43.4 Å². The fraction of sp³-hybridized carbons (Fsp3) is 0.708. The van der Waals surface area contributed by atoms with Crippen molar-refractivity contribution in [3.63, 3.8) is 0 Å². The number of likely N-dealkylation sites (tertiary alicyclic amines) is 1. The number of sulfone groups is 1. The Morgan fingerprint density at radius 3 is 2.40 bits per heavy atom. The first-order valence-corrected chi connectivity index (χ1v) is 13.3. The van der Waals surface area contributed by atoms with Gasteiger partial charge in [-0.2, -0.15) is 0 Å². The molecule has 168 valence electrons. The third-order valence-corrected chi connectivity index (χ3v) is 8.98. The van der Waals surface area contributed by atoms with Crippen LogP contribution in [0, 0.1) is 5.92 Å². The summed E-state index contributed by atoms with van der Waals surface area (Å²) in [5.41, 5.74) is 2.20. The van der Waals surface area contributed by atoms with Crippen LogP contribution in [0.15, 0.2) is 18.2 Å². The fourth-order valence-electron chi connectivity index (χ4n) is 4.48. The summed E-state index contributed by atoms with van der Waals surface area (Å²) in [7, 11) is -3.02. The average molecular weight is 436 g/mol. The molecule has 0 radical (unpaired) electrons. The van der Waals surface area contributed by atoms with Gasteiger partial charge in [0.25, 0.3) is 0 Å². The van der Waals surface area contributed by atoms with Crippen molar-refractivity contribution in [2.24, 2.45) is 5.92 Å². The molecule has 1 saturated carbocycles. The Balaban J connectivity index is 1.53. The normalized spacial score (nSPS) is 18.9. The van der Waals surface area contributed by atoms with E-state index < -0.39 is 9.84 Å². The maximum absolute atomic E-state index is 12.8. The lowest BCUT2D eigenvalue weighted by atomic mass is 9.98. The molecule has 0 atom stereocenters. The van der Waals surface area contributed by atoms with Gasteiger partial charge in [-0.1, -0.05) is 19.1 Å². The van der Waals surface area contributed by atoms with E-state index in [0.29, 0.717) is 25.6 Å². The second-order valence-corrected chi connectivity index (χ2v) is 11.8. The Hall–Kier alpha value is -1.56. The van der Waals surface area contributed by atoms with Gasteiger partial charge in [0.15, 0.2) is 9.84 Å². The smallest absolute Gasteiger partial charge is 0.226 e. The van der Waals surface area contributed by atoms with Gasteiger partial charge in [-0.15, -0.1) is 0 Å². The molecule has 2 fully saturated rings. The summed E-state index contributed by atoms with van der Waals surface area (Å²) in [6.45, 7) is 6.91. The van der Waals surface area contributed by atoms with Gasteiger partial charge >= 0.3 is 0 Å². The average Bonchev–Trinajstić information content (AvgIpc) is 3.22. The van der Waals surface area contributed by atoms with E-state index >= 15 is 0 Å². The molecule has 1 aromatic carbocycles. The minimum Gasteiger partial charge on any atom is -0.490 e. The number of ether oxygens (including phenoxy) is 1. The summed E-state index contributed by atoms with van der Waals surface area (Å²) in [5.74, 6) is 1.51. The molecule has 0 spiro atoms. The first-order valence-electron chi connectivity index (χ1n) is 11.6. The summed E-state index contributed by atoms with van der Waals surface area (Å²) < 4.78 is 30.5. The van der Waals surface area contributed by atoms with Gasteiger partial charge in [0, 0.05) is 13.1 Å². The molecule has 0 bridgehead atoms. The zero-order valence-corrected chi connectivity index (χ0v) is 19.5. The Morgan fingerprint density at radius 2 is 1.80 bits per heavy atom. The Morgan fingerprint density at radius 1 is 1.13 bits per heavy atom. The number of carbonyl (C=O) groups is 1. The van der Waals surface area contributed by atoms with E-state index in [1.165, 1.54) is 18.4 Å². The van der Waals surface area contributed by atoms with Gasteiger partial charge in [-0.05, 0) is 81.9 Å². The van der Waals surface area contributed by atoms with Crippen LogP contribution in [0.3, 0.4) is 0 Å². The number of piperidine rings is 1. The van der Waals surface area contributed by atoms with Gasteiger partial charge in [0.05, 0.1) is 23.5 Å². The summed E-state index contributed by atoms with van der Waals surface area (Å²) in [5, 5.41) is -0.328. The number of nitrogens with zero attached hydrogens (tertiary/aromatic N) is 1. The number of amides is 1. The van der Waals surface area contributed by atoms with Crippen LogP contribution in [-0.2, 0) is 27.5 Å². The molecule has 1 aromatic rings. The Bertz CT molecular complexity index is 820. The number of hydrogen-bond donors (Lipinski definition) is 0. The van der Waals surface area contributed by atoms with E-state index in [-0.39, 0.29) is 22.8 Å². The minimum atomic E-state index is -3.02. The van der Waals surface area contributed by atoms with Crippen molar-refractivity contribution in [2.45, 2.75) is 83.5 Å². The first-order chi connectivity index (χ1) is 14.3. The number of aryl methyl sites for hydroxylation is 1. The van der Waals surface area contributed by atoms with E-state index in [2.05, 4.69) is 13.0 Å². The second kappa shape index (κ2) is 10.2. The van der Waals surface area contributed by atoms with Gasteiger partial charge in [-0.25, -0.2) is 8.42 Å². The van der Waals surface area contributed by atoms with Crippen molar-refractivity contribution in [3.8, 4) is 5.75 Å². The van der Waals surface area contributed by atoms with Crippen LogP contribution in [0.1, 0.15) is 70.4 Å². The van der Waals surface area contributed by atoms with Gasteiger partial charge in [0.1, 0.15) is 5.75 Å².